The molecule has 0 fully saturated rings. The summed E-state index contributed by atoms with van der Waals surface area (Å²) >= 11 is 0. The van der Waals surface area contributed by atoms with Gasteiger partial charge in [0.1, 0.15) is 11.5 Å². The fourth-order valence-corrected chi connectivity index (χ4v) is 2.60. The molecular formula is C14H12O6S. The van der Waals surface area contributed by atoms with Gasteiger partial charge < -0.3 is 9.84 Å². The lowest BCUT2D eigenvalue weighted by atomic mass is 10.1. The molecule has 0 aliphatic heterocycles. The second-order valence-corrected chi connectivity index (χ2v) is 5.69. The molecule has 0 aliphatic rings. The van der Waals surface area contributed by atoms with Gasteiger partial charge in [-0.25, -0.2) is 0 Å². The maximum Gasteiger partial charge on any atom is 0.329 e. The summed E-state index contributed by atoms with van der Waals surface area (Å²) in [5, 5.41) is 6.96. The van der Waals surface area contributed by atoms with Crippen molar-refractivity contribution in [1.29, 1.82) is 0 Å². The van der Waals surface area contributed by atoms with Crippen LogP contribution < -0.4 is 4.74 Å². The van der Waals surface area contributed by atoms with Crippen LogP contribution in [0.15, 0.2) is 54.6 Å². The Balaban J connectivity index is 2.48. The van der Waals surface area contributed by atoms with Gasteiger partial charge in [0.2, 0.25) is 5.25 Å². The van der Waals surface area contributed by atoms with E-state index < -0.39 is 21.3 Å². The Morgan fingerprint density at radius 1 is 1.00 bits per heavy atom. The van der Waals surface area contributed by atoms with E-state index in [-0.39, 0.29) is 11.3 Å². The quantitative estimate of drug-likeness (QED) is 0.823. The van der Waals surface area contributed by atoms with Gasteiger partial charge >= 0.3 is 5.97 Å². The Morgan fingerprint density at radius 2 is 1.57 bits per heavy atom. The van der Waals surface area contributed by atoms with E-state index in [4.69, 9.17) is 14.4 Å². The Kier molecular flexibility index (Phi) is 4.25. The fourth-order valence-electron chi connectivity index (χ4n) is 1.83. The molecule has 0 saturated carbocycles. The number of rotatable bonds is 5. The van der Waals surface area contributed by atoms with Gasteiger partial charge in [-0.05, 0) is 18.2 Å². The molecule has 110 valence electrons. The second-order valence-electron chi connectivity index (χ2n) is 4.19. The average molecular weight is 308 g/mol. The molecule has 0 bridgehead atoms. The van der Waals surface area contributed by atoms with E-state index in [1.54, 1.807) is 36.4 Å². The van der Waals surface area contributed by atoms with Crippen LogP contribution >= 0.6 is 0 Å². The van der Waals surface area contributed by atoms with Gasteiger partial charge in [0, 0.05) is 5.56 Å². The van der Waals surface area contributed by atoms with Crippen molar-refractivity contribution < 1.29 is 27.6 Å². The molecule has 0 saturated heterocycles. The van der Waals surface area contributed by atoms with Crippen molar-refractivity contribution in [3.8, 4) is 11.5 Å². The van der Waals surface area contributed by atoms with Crippen LogP contribution in [0.1, 0.15) is 10.8 Å². The minimum atomic E-state index is -4.81. The lowest BCUT2D eigenvalue weighted by Crippen LogP contribution is -2.21. The minimum Gasteiger partial charge on any atom is -0.480 e. The molecule has 0 spiro atoms. The third-order valence-electron chi connectivity index (χ3n) is 2.69. The van der Waals surface area contributed by atoms with Crippen LogP contribution in [0.4, 0.5) is 0 Å². The van der Waals surface area contributed by atoms with Crippen LogP contribution in [0.2, 0.25) is 0 Å². The molecule has 1 atom stereocenters. The van der Waals surface area contributed by atoms with Gasteiger partial charge in [-0.15, -0.1) is 0 Å². The number of hydrogen-bond donors (Lipinski definition) is 2. The number of ether oxygens (including phenoxy) is 1. The predicted octanol–water partition coefficient (Wildman–Crippen LogP) is 2.49. The minimum absolute atomic E-state index is 0.0497. The fraction of sp³-hybridized carbons (Fsp3) is 0.0714. The Hall–Kier alpha value is -2.38. The van der Waals surface area contributed by atoms with Gasteiger partial charge in [-0.3, -0.25) is 9.35 Å². The molecule has 2 aromatic carbocycles. The summed E-state index contributed by atoms with van der Waals surface area (Å²) in [6.07, 6.45) is 0. The summed E-state index contributed by atoms with van der Waals surface area (Å²) in [4.78, 5) is 11.2. The average Bonchev–Trinajstić information content (AvgIpc) is 2.40. The van der Waals surface area contributed by atoms with Crippen LogP contribution in [-0.2, 0) is 14.9 Å². The van der Waals surface area contributed by atoms with E-state index >= 15 is 0 Å². The zero-order valence-corrected chi connectivity index (χ0v) is 11.5. The predicted molar refractivity (Wildman–Crippen MR) is 74.9 cm³/mol. The monoisotopic (exact) mass is 308 g/mol. The van der Waals surface area contributed by atoms with E-state index in [2.05, 4.69) is 0 Å². The van der Waals surface area contributed by atoms with Crippen molar-refractivity contribution in [2.75, 3.05) is 0 Å². The Labute approximate surface area is 121 Å². The Bertz CT molecular complexity index is 739. The third kappa shape index (κ3) is 3.59. The zero-order chi connectivity index (χ0) is 15.5. The highest BCUT2D eigenvalue weighted by Crippen LogP contribution is 2.33. The normalized spacial score (nSPS) is 12.6. The van der Waals surface area contributed by atoms with E-state index in [0.29, 0.717) is 5.75 Å². The standard InChI is InChI=1S/C14H12O6S/c15-14(16)13(21(17,18)19)11-8-4-5-9-12(11)20-10-6-2-1-3-7-10/h1-9,13H,(H,15,16)(H,17,18,19). The highest BCUT2D eigenvalue weighted by molar-refractivity contribution is 7.86. The van der Waals surface area contributed by atoms with Gasteiger partial charge in [0.05, 0.1) is 0 Å². The maximum absolute atomic E-state index is 11.3. The number of para-hydroxylation sites is 2. The molecular weight excluding hydrogens is 296 g/mol. The first-order chi connectivity index (χ1) is 9.89. The molecule has 7 heteroatoms. The maximum atomic E-state index is 11.3. The van der Waals surface area contributed by atoms with Crippen LogP contribution in [-0.4, -0.2) is 24.0 Å². The van der Waals surface area contributed by atoms with Crippen molar-refractivity contribution in [3.63, 3.8) is 0 Å². The summed E-state index contributed by atoms with van der Waals surface area (Å²) in [5.41, 5.74) is -0.142. The molecule has 0 radical (unpaired) electrons. The highest BCUT2D eigenvalue weighted by atomic mass is 32.2. The molecule has 2 aromatic rings. The van der Waals surface area contributed by atoms with Gasteiger partial charge in [-0.2, -0.15) is 8.42 Å². The number of benzene rings is 2. The number of carbonyl (C=O) groups is 1. The highest BCUT2D eigenvalue weighted by Gasteiger charge is 2.35. The summed E-state index contributed by atoms with van der Waals surface area (Å²) in [5.74, 6) is -1.21. The van der Waals surface area contributed by atoms with Crippen molar-refractivity contribution in [1.82, 2.24) is 0 Å². The zero-order valence-electron chi connectivity index (χ0n) is 10.7. The topological polar surface area (TPSA) is 101 Å². The van der Waals surface area contributed by atoms with Crippen molar-refractivity contribution in [2.24, 2.45) is 0 Å². The van der Waals surface area contributed by atoms with Gasteiger partial charge in [-0.1, -0.05) is 36.4 Å². The first kappa shape index (κ1) is 15.0. The van der Waals surface area contributed by atoms with Crippen LogP contribution in [0.3, 0.4) is 0 Å². The first-order valence-electron chi connectivity index (χ1n) is 5.90. The molecule has 6 nitrogen and oxygen atoms in total. The molecule has 2 rings (SSSR count). The number of hydrogen-bond acceptors (Lipinski definition) is 4. The largest absolute Gasteiger partial charge is 0.480 e. The summed E-state index contributed by atoms with van der Waals surface area (Å²) < 4.78 is 37.2. The molecule has 21 heavy (non-hydrogen) atoms. The van der Waals surface area contributed by atoms with Crippen molar-refractivity contribution in [2.45, 2.75) is 5.25 Å². The SMILES string of the molecule is O=C(O)C(c1ccccc1Oc1ccccc1)S(=O)(=O)O. The Morgan fingerprint density at radius 3 is 2.14 bits per heavy atom. The third-order valence-corrected chi connectivity index (χ3v) is 3.75. The van der Waals surface area contributed by atoms with Crippen molar-refractivity contribution in [3.05, 3.63) is 60.2 Å². The molecule has 0 heterocycles. The first-order valence-corrected chi connectivity index (χ1v) is 7.41. The smallest absolute Gasteiger partial charge is 0.329 e. The van der Waals surface area contributed by atoms with Gasteiger partial charge in [0.25, 0.3) is 10.1 Å². The summed E-state index contributed by atoms with van der Waals surface area (Å²) in [7, 11) is -4.81. The molecule has 1 unspecified atom stereocenters. The van der Waals surface area contributed by atoms with Crippen LogP contribution in [0, 0.1) is 0 Å². The molecule has 0 aromatic heterocycles. The van der Waals surface area contributed by atoms with E-state index in [0.717, 1.165) is 0 Å². The van der Waals surface area contributed by atoms with E-state index in [1.807, 2.05) is 0 Å². The van der Waals surface area contributed by atoms with E-state index in [9.17, 15) is 13.2 Å². The second kappa shape index (κ2) is 5.94. The number of carboxylic acids is 1. The van der Waals surface area contributed by atoms with Crippen molar-refractivity contribution >= 4 is 16.1 Å². The lowest BCUT2D eigenvalue weighted by Gasteiger charge is -2.15. The summed E-state index contributed by atoms with van der Waals surface area (Å²) in [6.45, 7) is 0. The molecule has 2 N–H and O–H groups in total. The molecule has 0 aliphatic carbocycles. The number of carboxylic acid groups (broad SMARTS) is 1. The van der Waals surface area contributed by atoms with Crippen LogP contribution in [0.25, 0.3) is 0 Å². The summed E-state index contributed by atoms with van der Waals surface area (Å²) in [6, 6.07) is 14.2. The van der Waals surface area contributed by atoms with Crippen LogP contribution in [0.5, 0.6) is 11.5 Å². The number of aliphatic carboxylic acids is 1. The lowest BCUT2D eigenvalue weighted by molar-refractivity contribution is -0.136. The van der Waals surface area contributed by atoms with E-state index in [1.165, 1.54) is 18.2 Å². The molecule has 0 amide bonds. The van der Waals surface area contributed by atoms with Gasteiger partial charge in [0.15, 0.2) is 0 Å².